The van der Waals surface area contributed by atoms with E-state index in [2.05, 4.69) is 18.2 Å². The molecule has 4 rings (SSSR count). The predicted octanol–water partition coefficient (Wildman–Crippen LogP) is 5.24. The fourth-order valence-electron chi connectivity index (χ4n) is 4.15. The molecular formula is C23H22N2OS. The maximum atomic E-state index is 12.5. The van der Waals surface area contributed by atoms with Gasteiger partial charge in [-0.3, -0.25) is 4.79 Å². The summed E-state index contributed by atoms with van der Waals surface area (Å²) in [5, 5.41) is 10.7. The smallest absolute Gasteiger partial charge is 0.173 e. The van der Waals surface area contributed by atoms with Crippen molar-refractivity contribution >= 4 is 17.5 Å². The van der Waals surface area contributed by atoms with E-state index >= 15 is 0 Å². The summed E-state index contributed by atoms with van der Waals surface area (Å²) < 4.78 is 0. The summed E-state index contributed by atoms with van der Waals surface area (Å²) in [6.45, 7) is 0. The van der Waals surface area contributed by atoms with Gasteiger partial charge in [0.2, 0.25) is 0 Å². The third-order valence-electron chi connectivity index (χ3n) is 5.46. The van der Waals surface area contributed by atoms with E-state index in [1.54, 1.807) is 0 Å². The third-order valence-corrected chi connectivity index (χ3v) is 6.43. The van der Waals surface area contributed by atoms with Crippen LogP contribution in [-0.2, 0) is 12.8 Å². The fourth-order valence-corrected chi connectivity index (χ4v) is 5.06. The normalized spacial score (nSPS) is 18.1. The number of allylic oxidation sites excluding steroid dienone is 2. The maximum absolute atomic E-state index is 12.5. The molecule has 0 saturated carbocycles. The van der Waals surface area contributed by atoms with Crippen LogP contribution in [0.25, 0.3) is 0 Å². The molecule has 0 bridgehead atoms. The number of thioether (sulfide) groups is 1. The lowest BCUT2D eigenvalue weighted by Crippen LogP contribution is -2.11. The molecule has 2 aliphatic rings. The van der Waals surface area contributed by atoms with E-state index in [9.17, 15) is 10.1 Å². The summed E-state index contributed by atoms with van der Waals surface area (Å²) in [6, 6.07) is 11.8. The van der Waals surface area contributed by atoms with Gasteiger partial charge in [0.1, 0.15) is 11.1 Å². The minimum atomic E-state index is 0.0777. The maximum Gasteiger partial charge on any atom is 0.173 e. The topological polar surface area (TPSA) is 53.8 Å². The minimum absolute atomic E-state index is 0.0777. The number of fused-ring (bicyclic) bond motifs is 1. The summed E-state index contributed by atoms with van der Waals surface area (Å²) in [4.78, 5) is 17.3. The van der Waals surface area contributed by atoms with Crippen molar-refractivity contribution in [2.75, 3.05) is 5.75 Å². The van der Waals surface area contributed by atoms with Crippen LogP contribution in [0.4, 0.5) is 0 Å². The molecule has 0 aliphatic heterocycles. The number of pyridine rings is 1. The van der Waals surface area contributed by atoms with Crippen molar-refractivity contribution in [1.82, 2.24) is 4.98 Å². The SMILES string of the molecule is N#Cc1c(SCC(=O)c2ccccc2)nc2c(c1C1CC=CCC1)CCC2. The number of aromatic nitrogens is 1. The lowest BCUT2D eigenvalue weighted by Gasteiger charge is -2.23. The van der Waals surface area contributed by atoms with Gasteiger partial charge in [0.15, 0.2) is 5.78 Å². The molecule has 27 heavy (non-hydrogen) atoms. The monoisotopic (exact) mass is 374 g/mol. The van der Waals surface area contributed by atoms with Gasteiger partial charge < -0.3 is 0 Å². The minimum Gasteiger partial charge on any atom is -0.293 e. The second-order valence-corrected chi connectivity index (χ2v) is 8.12. The van der Waals surface area contributed by atoms with E-state index in [4.69, 9.17) is 4.98 Å². The highest BCUT2D eigenvalue weighted by atomic mass is 32.2. The number of ketones is 1. The van der Waals surface area contributed by atoms with Gasteiger partial charge in [-0.25, -0.2) is 4.98 Å². The highest BCUT2D eigenvalue weighted by molar-refractivity contribution is 8.00. The fraction of sp³-hybridized carbons (Fsp3) is 0.348. The summed E-state index contributed by atoms with van der Waals surface area (Å²) in [7, 11) is 0. The van der Waals surface area contributed by atoms with E-state index in [1.165, 1.54) is 22.9 Å². The molecule has 0 N–H and O–H groups in total. The summed E-state index contributed by atoms with van der Waals surface area (Å²) in [5.41, 5.74) is 5.10. The van der Waals surface area contributed by atoms with Crippen molar-refractivity contribution in [2.45, 2.75) is 49.5 Å². The lowest BCUT2D eigenvalue weighted by molar-refractivity contribution is 0.102. The van der Waals surface area contributed by atoms with E-state index in [1.807, 2.05) is 30.3 Å². The van der Waals surface area contributed by atoms with Crippen molar-refractivity contribution in [1.29, 1.82) is 5.26 Å². The number of nitrogens with zero attached hydrogens (tertiary/aromatic N) is 2. The van der Waals surface area contributed by atoms with Gasteiger partial charge in [-0.1, -0.05) is 54.2 Å². The number of aryl methyl sites for hydroxylation is 1. The zero-order valence-corrected chi connectivity index (χ0v) is 16.1. The van der Waals surface area contributed by atoms with Crippen LogP contribution in [0.15, 0.2) is 47.5 Å². The molecule has 0 amide bonds. The van der Waals surface area contributed by atoms with Crippen molar-refractivity contribution in [3.05, 3.63) is 70.4 Å². The van der Waals surface area contributed by atoms with E-state index in [0.29, 0.717) is 22.8 Å². The van der Waals surface area contributed by atoms with Gasteiger partial charge in [-0.15, -0.1) is 0 Å². The molecule has 136 valence electrons. The largest absolute Gasteiger partial charge is 0.293 e. The standard InChI is InChI=1S/C23H22N2OS/c24-14-19-22(17-10-5-2-6-11-17)18-12-7-13-20(18)25-23(19)27-15-21(26)16-8-3-1-4-9-16/h1-5,8-9,17H,6-7,10-13,15H2. The van der Waals surface area contributed by atoms with Crippen LogP contribution in [0.2, 0.25) is 0 Å². The Balaban J connectivity index is 1.66. The number of carbonyl (C=O) groups excluding carboxylic acids is 1. The molecular weight excluding hydrogens is 352 g/mol. The van der Waals surface area contributed by atoms with Crippen LogP contribution in [0.5, 0.6) is 0 Å². The average Bonchev–Trinajstić information content (AvgIpc) is 3.20. The van der Waals surface area contributed by atoms with Crippen LogP contribution in [0, 0.1) is 11.3 Å². The summed E-state index contributed by atoms with van der Waals surface area (Å²) in [6.07, 6.45) is 10.8. The van der Waals surface area contributed by atoms with Crippen molar-refractivity contribution in [2.24, 2.45) is 0 Å². The van der Waals surface area contributed by atoms with E-state index in [0.717, 1.165) is 49.2 Å². The van der Waals surface area contributed by atoms with Crippen LogP contribution >= 0.6 is 11.8 Å². The van der Waals surface area contributed by atoms with Gasteiger partial charge in [0, 0.05) is 11.3 Å². The quantitative estimate of drug-likeness (QED) is 0.408. The first-order valence-corrected chi connectivity index (χ1v) is 10.6. The number of nitriles is 1. The Bertz CT molecular complexity index is 928. The van der Waals surface area contributed by atoms with Gasteiger partial charge >= 0.3 is 0 Å². The Kier molecular flexibility index (Phi) is 5.40. The molecule has 0 saturated heterocycles. The zero-order valence-electron chi connectivity index (χ0n) is 15.3. The summed E-state index contributed by atoms with van der Waals surface area (Å²) in [5.74, 6) is 0.798. The third kappa shape index (κ3) is 3.70. The van der Waals surface area contributed by atoms with Crippen molar-refractivity contribution in [3.8, 4) is 6.07 Å². The second kappa shape index (κ2) is 8.10. The lowest BCUT2D eigenvalue weighted by atomic mass is 9.83. The highest BCUT2D eigenvalue weighted by Gasteiger charge is 2.28. The Hall–Kier alpha value is -2.38. The number of benzene rings is 1. The summed E-state index contributed by atoms with van der Waals surface area (Å²) >= 11 is 1.42. The van der Waals surface area contributed by atoms with Crippen LogP contribution < -0.4 is 0 Å². The van der Waals surface area contributed by atoms with Crippen LogP contribution in [0.1, 0.15) is 64.3 Å². The molecule has 1 atom stereocenters. The molecule has 2 aromatic rings. The molecule has 1 aromatic carbocycles. The molecule has 0 fully saturated rings. The number of hydrogen-bond donors (Lipinski definition) is 0. The predicted molar refractivity (Wildman–Crippen MR) is 108 cm³/mol. The molecule has 4 heteroatoms. The van der Waals surface area contributed by atoms with E-state index in [-0.39, 0.29) is 5.78 Å². The van der Waals surface area contributed by atoms with Gasteiger partial charge in [-0.05, 0) is 55.6 Å². The highest BCUT2D eigenvalue weighted by Crippen LogP contribution is 2.40. The number of carbonyl (C=O) groups is 1. The molecule has 0 radical (unpaired) electrons. The van der Waals surface area contributed by atoms with E-state index < -0.39 is 0 Å². The zero-order chi connectivity index (χ0) is 18.6. The molecule has 1 aromatic heterocycles. The number of Topliss-reactive ketones (excluding diaryl/α,β-unsaturated/α-hetero) is 1. The number of hydrogen-bond acceptors (Lipinski definition) is 4. The Morgan fingerprint density at radius 3 is 2.81 bits per heavy atom. The van der Waals surface area contributed by atoms with Gasteiger partial charge in [-0.2, -0.15) is 5.26 Å². The Morgan fingerprint density at radius 2 is 2.07 bits per heavy atom. The average molecular weight is 375 g/mol. The van der Waals surface area contributed by atoms with Crippen molar-refractivity contribution in [3.63, 3.8) is 0 Å². The molecule has 2 aliphatic carbocycles. The first-order chi connectivity index (χ1) is 13.3. The second-order valence-electron chi connectivity index (χ2n) is 7.16. The first-order valence-electron chi connectivity index (χ1n) is 9.59. The molecule has 3 nitrogen and oxygen atoms in total. The number of rotatable bonds is 5. The molecule has 0 spiro atoms. The first kappa shape index (κ1) is 18.0. The van der Waals surface area contributed by atoms with Crippen LogP contribution in [-0.4, -0.2) is 16.5 Å². The Labute approximate surface area is 164 Å². The Morgan fingerprint density at radius 1 is 1.22 bits per heavy atom. The molecule has 1 unspecified atom stereocenters. The molecule has 1 heterocycles. The van der Waals surface area contributed by atoms with Gasteiger partial charge in [0.25, 0.3) is 0 Å². The van der Waals surface area contributed by atoms with Gasteiger partial charge in [0.05, 0.1) is 11.3 Å². The van der Waals surface area contributed by atoms with Crippen LogP contribution in [0.3, 0.4) is 0 Å². The van der Waals surface area contributed by atoms with Crippen molar-refractivity contribution < 1.29 is 4.79 Å².